The highest BCUT2D eigenvalue weighted by molar-refractivity contribution is 5.66. The first-order chi connectivity index (χ1) is 15.8. The molecule has 0 rings (SSSR count). The van der Waals surface area contributed by atoms with E-state index in [0.717, 1.165) is 6.42 Å². The predicted octanol–water partition coefficient (Wildman–Crippen LogP) is 10.8. The van der Waals surface area contributed by atoms with Crippen LogP contribution in [0, 0.1) is 0 Å². The number of carboxylic acid groups (broad SMARTS) is 1. The molecular weight excluding hydrogens is 392 g/mol. The van der Waals surface area contributed by atoms with Crippen LogP contribution in [0.3, 0.4) is 0 Å². The van der Waals surface area contributed by atoms with Gasteiger partial charge in [0.2, 0.25) is 0 Å². The summed E-state index contributed by atoms with van der Waals surface area (Å²) in [5.74, 6) is -0.700. The van der Waals surface area contributed by atoms with Crippen molar-refractivity contribution in [1.82, 2.24) is 0 Å². The van der Waals surface area contributed by atoms with Gasteiger partial charge in [-0.1, -0.05) is 160 Å². The maximum Gasteiger partial charge on any atom is 0.303 e. The second-order valence-electron chi connectivity index (χ2n) is 9.97. The molecule has 32 heavy (non-hydrogen) atoms. The van der Waals surface area contributed by atoms with Gasteiger partial charge in [0, 0.05) is 6.42 Å². The fourth-order valence-electron chi connectivity index (χ4n) is 4.49. The van der Waals surface area contributed by atoms with Crippen molar-refractivity contribution >= 4 is 5.97 Å². The molecule has 0 aromatic rings. The SMILES string of the molecule is CCCCCCCCCCCCCCCCCCCCCCCCCC=CCCC(=O)O. The fourth-order valence-corrected chi connectivity index (χ4v) is 4.49. The highest BCUT2D eigenvalue weighted by atomic mass is 16.4. The zero-order valence-electron chi connectivity index (χ0n) is 21.9. The van der Waals surface area contributed by atoms with Crippen molar-refractivity contribution in [3.05, 3.63) is 12.2 Å². The largest absolute Gasteiger partial charge is 0.481 e. The number of hydrogen-bond donors (Lipinski definition) is 1. The Labute approximate surface area is 202 Å². The highest BCUT2D eigenvalue weighted by Gasteiger charge is 1.96. The van der Waals surface area contributed by atoms with Gasteiger partial charge in [0.25, 0.3) is 0 Å². The second-order valence-corrected chi connectivity index (χ2v) is 9.97. The minimum absolute atomic E-state index is 0.260. The number of rotatable bonds is 27. The minimum atomic E-state index is -0.700. The van der Waals surface area contributed by atoms with Gasteiger partial charge in [-0.2, -0.15) is 0 Å². The average Bonchev–Trinajstić information content (AvgIpc) is 2.78. The first-order valence-corrected chi connectivity index (χ1v) is 14.6. The summed E-state index contributed by atoms with van der Waals surface area (Å²) in [6.45, 7) is 2.30. The molecule has 0 radical (unpaired) electrons. The monoisotopic (exact) mass is 450 g/mol. The predicted molar refractivity (Wildman–Crippen MR) is 142 cm³/mol. The fraction of sp³-hybridized carbons (Fsp3) is 0.900. The Morgan fingerprint density at radius 3 is 1.06 bits per heavy atom. The van der Waals surface area contributed by atoms with Crippen LogP contribution in [0.15, 0.2) is 12.2 Å². The van der Waals surface area contributed by atoms with E-state index in [-0.39, 0.29) is 6.42 Å². The summed E-state index contributed by atoms with van der Waals surface area (Å²) in [4.78, 5) is 10.4. The van der Waals surface area contributed by atoms with Crippen LogP contribution in [-0.4, -0.2) is 11.1 Å². The van der Waals surface area contributed by atoms with Gasteiger partial charge in [-0.15, -0.1) is 0 Å². The molecule has 0 spiro atoms. The Balaban J connectivity index is 3.04. The Morgan fingerprint density at radius 1 is 0.469 bits per heavy atom. The van der Waals surface area contributed by atoms with Crippen LogP contribution >= 0.6 is 0 Å². The topological polar surface area (TPSA) is 37.3 Å². The van der Waals surface area contributed by atoms with Crippen molar-refractivity contribution in [3.63, 3.8) is 0 Å². The molecule has 0 aliphatic rings. The van der Waals surface area contributed by atoms with Crippen LogP contribution in [0.4, 0.5) is 0 Å². The third-order valence-electron chi connectivity index (χ3n) is 6.67. The van der Waals surface area contributed by atoms with Gasteiger partial charge in [-0.25, -0.2) is 0 Å². The zero-order valence-corrected chi connectivity index (χ0v) is 21.9. The van der Waals surface area contributed by atoms with E-state index in [1.165, 1.54) is 148 Å². The number of hydrogen-bond acceptors (Lipinski definition) is 1. The van der Waals surface area contributed by atoms with Gasteiger partial charge >= 0.3 is 5.97 Å². The lowest BCUT2D eigenvalue weighted by Crippen LogP contribution is -1.91. The van der Waals surface area contributed by atoms with E-state index in [2.05, 4.69) is 13.0 Å². The maximum atomic E-state index is 10.4. The summed E-state index contributed by atoms with van der Waals surface area (Å²) < 4.78 is 0. The van der Waals surface area contributed by atoms with E-state index in [1.807, 2.05) is 6.08 Å². The van der Waals surface area contributed by atoms with Gasteiger partial charge in [0.15, 0.2) is 0 Å². The molecule has 0 unspecified atom stereocenters. The molecule has 1 N–H and O–H groups in total. The van der Waals surface area contributed by atoms with Gasteiger partial charge < -0.3 is 5.11 Å². The van der Waals surface area contributed by atoms with Crippen molar-refractivity contribution in [3.8, 4) is 0 Å². The van der Waals surface area contributed by atoms with Crippen LogP contribution in [0.1, 0.15) is 174 Å². The van der Waals surface area contributed by atoms with Crippen molar-refractivity contribution in [2.75, 3.05) is 0 Å². The zero-order chi connectivity index (χ0) is 23.4. The Morgan fingerprint density at radius 2 is 0.750 bits per heavy atom. The maximum absolute atomic E-state index is 10.4. The smallest absolute Gasteiger partial charge is 0.303 e. The second kappa shape index (κ2) is 28.2. The number of carbonyl (C=O) groups is 1. The van der Waals surface area contributed by atoms with Gasteiger partial charge in [-0.3, -0.25) is 4.79 Å². The van der Waals surface area contributed by atoms with Crippen LogP contribution in [-0.2, 0) is 4.79 Å². The van der Waals surface area contributed by atoms with Crippen LogP contribution in [0.5, 0.6) is 0 Å². The lowest BCUT2D eigenvalue weighted by Gasteiger charge is -2.04. The van der Waals surface area contributed by atoms with E-state index in [0.29, 0.717) is 6.42 Å². The molecular formula is C30H58O2. The van der Waals surface area contributed by atoms with E-state index >= 15 is 0 Å². The summed E-state index contributed by atoms with van der Waals surface area (Å²) in [7, 11) is 0. The van der Waals surface area contributed by atoms with Crippen molar-refractivity contribution in [1.29, 1.82) is 0 Å². The quantitative estimate of drug-likeness (QED) is 0.0997. The Bertz CT molecular complexity index is 388. The molecule has 0 aliphatic carbocycles. The van der Waals surface area contributed by atoms with Gasteiger partial charge in [0.1, 0.15) is 0 Å². The third kappa shape index (κ3) is 29.2. The Hall–Kier alpha value is -0.790. The highest BCUT2D eigenvalue weighted by Crippen LogP contribution is 2.15. The molecule has 0 heterocycles. The third-order valence-corrected chi connectivity index (χ3v) is 6.67. The molecule has 2 heteroatoms. The van der Waals surface area contributed by atoms with E-state index in [9.17, 15) is 4.79 Å². The summed E-state index contributed by atoms with van der Waals surface area (Å²) in [5.41, 5.74) is 0. The van der Waals surface area contributed by atoms with E-state index < -0.39 is 5.97 Å². The Kier molecular flexibility index (Phi) is 27.5. The number of unbranched alkanes of at least 4 members (excludes halogenated alkanes) is 23. The van der Waals surface area contributed by atoms with Gasteiger partial charge in [-0.05, 0) is 19.3 Å². The van der Waals surface area contributed by atoms with Crippen LogP contribution < -0.4 is 0 Å². The minimum Gasteiger partial charge on any atom is -0.481 e. The van der Waals surface area contributed by atoms with Crippen molar-refractivity contribution in [2.45, 2.75) is 174 Å². The van der Waals surface area contributed by atoms with Crippen molar-refractivity contribution in [2.24, 2.45) is 0 Å². The molecule has 0 saturated carbocycles. The van der Waals surface area contributed by atoms with Crippen LogP contribution in [0.2, 0.25) is 0 Å². The summed E-state index contributed by atoms with van der Waals surface area (Å²) >= 11 is 0. The number of allylic oxidation sites excluding steroid dienone is 2. The summed E-state index contributed by atoms with van der Waals surface area (Å²) in [6, 6.07) is 0. The molecule has 0 fully saturated rings. The van der Waals surface area contributed by atoms with E-state index in [1.54, 1.807) is 0 Å². The molecule has 0 bridgehead atoms. The first kappa shape index (κ1) is 31.2. The lowest BCUT2D eigenvalue weighted by molar-refractivity contribution is -0.136. The number of carboxylic acids is 1. The first-order valence-electron chi connectivity index (χ1n) is 14.6. The molecule has 2 nitrogen and oxygen atoms in total. The summed E-state index contributed by atoms with van der Waals surface area (Å²) in [6.07, 6.45) is 39.1. The number of aliphatic carboxylic acids is 1. The standard InChI is InChI=1S/C30H58O2/c1-2-3-4-5-6-7-8-9-10-11-12-13-14-15-16-17-18-19-20-21-22-23-24-25-26-27-28-29-30(31)32/h26-27H,2-25,28-29H2,1H3,(H,31,32). The lowest BCUT2D eigenvalue weighted by atomic mass is 10.0. The van der Waals surface area contributed by atoms with Gasteiger partial charge in [0.05, 0.1) is 0 Å². The van der Waals surface area contributed by atoms with Crippen molar-refractivity contribution < 1.29 is 9.90 Å². The van der Waals surface area contributed by atoms with E-state index in [4.69, 9.17) is 5.11 Å². The molecule has 0 aliphatic heterocycles. The molecule has 0 aromatic heterocycles. The normalized spacial score (nSPS) is 11.5. The molecule has 0 aromatic carbocycles. The van der Waals surface area contributed by atoms with Crippen LogP contribution in [0.25, 0.3) is 0 Å². The molecule has 190 valence electrons. The summed E-state index contributed by atoms with van der Waals surface area (Å²) in [5, 5.41) is 8.57. The average molecular weight is 451 g/mol. The molecule has 0 amide bonds. The molecule has 0 saturated heterocycles. The molecule has 0 atom stereocenters.